The van der Waals surface area contributed by atoms with E-state index in [0.29, 0.717) is 0 Å². The molecule has 0 saturated heterocycles. The van der Waals surface area contributed by atoms with Crippen molar-refractivity contribution in [2.75, 3.05) is 0 Å². The minimum absolute atomic E-state index is 0. The Hall–Kier alpha value is -0.320. The molecular weight excluding hydrogens is 174 g/mol. The molecule has 3 nitrogen and oxygen atoms in total. The number of rotatable bonds is 3. The van der Waals surface area contributed by atoms with Crippen LogP contribution in [0, 0.1) is 0 Å². The Morgan fingerprint density at radius 2 is 1.80 bits per heavy atom. The van der Waals surface area contributed by atoms with Crippen molar-refractivity contribution >= 4 is 22.2 Å². The predicted molar refractivity (Wildman–Crippen MR) is 44.5 cm³/mol. The highest BCUT2D eigenvalue weighted by atomic mass is 35.5. The van der Waals surface area contributed by atoms with E-state index in [1.54, 1.807) is 0 Å². The Morgan fingerprint density at radius 1 is 1.40 bits per heavy atom. The molecule has 60 valence electrons. The summed E-state index contributed by atoms with van der Waals surface area (Å²) in [5, 5.41) is -0.200. The molecule has 1 unspecified atom stereocenters. The average molecular weight is 184 g/mol. The largest absolute Gasteiger partial charge is 0.312 e. The maximum Gasteiger partial charge on any atom is 0.190 e. The van der Waals surface area contributed by atoms with Gasteiger partial charge >= 0.3 is 0 Å². The first-order chi connectivity index (χ1) is 4.04. The van der Waals surface area contributed by atoms with E-state index in [1.165, 1.54) is 0 Å². The van der Waals surface area contributed by atoms with Crippen molar-refractivity contribution in [1.29, 1.82) is 0 Å². The highest BCUT2D eigenvalue weighted by molar-refractivity contribution is 7.94. The third-order valence-corrected chi connectivity index (χ3v) is 2.26. The topological polar surface area (TPSA) is 60.2 Å². The third kappa shape index (κ3) is 3.00. The molecule has 0 saturated carbocycles. The lowest BCUT2D eigenvalue weighted by molar-refractivity contribution is 0.598. The lowest BCUT2D eigenvalue weighted by atomic mass is 10.7. The quantitative estimate of drug-likeness (QED) is 0.646. The first-order valence-electron chi connectivity index (χ1n) is 2.29. The van der Waals surface area contributed by atoms with Crippen molar-refractivity contribution in [1.82, 2.24) is 0 Å². The summed E-state index contributed by atoms with van der Waals surface area (Å²) in [7, 11) is -3.32. The summed E-state index contributed by atoms with van der Waals surface area (Å²) < 4.78 is 21.2. The van der Waals surface area contributed by atoms with Crippen LogP contribution >= 0.6 is 12.4 Å². The van der Waals surface area contributed by atoms with Gasteiger partial charge in [-0.3, -0.25) is 0 Å². The molecule has 2 N–H and O–H groups in total. The molecule has 0 bridgehead atoms. The van der Waals surface area contributed by atoms with Gasteiger partial charge in [-0.05, 0) is 0 Å². The summed E-state index contributed by atoms with van der Waals surface area (Å²) in [5.41, 5.74) is 5.08. The van der Waals surface area contributed by atoms with E-state index in [-0.39, 0.29) is 12.4 Å². The van der Waals surface area contributed by atoms with E-state index in [9.17, 15) is 8.42 Å². The molecule has 0 amide bonds. The van der Waals surface area contributed by atoms with Crippen molar-refractivity contribution in [3.63, 3.8) is 0 Å². The van der Waals surface area contributed by atoms with Crippen LogP contribution in [0.1, 0.15) is 0 Å². The molecule has 0 spiro atoms. The number of nitrogens with two attached hydrogens (primary N) is 1. The first kappa shape index (κ1) is 12.4. The SMILES string of the molecule is C=CC(N)S(=O)(=O)C=C.Cl. The van der Waals surface area contributed by atoms with E-state index in [1.807, 2.05) is 0 Å². The molecule has 0 heterocycles. The maximum atomic E-state index is 10.6. The smallest absolute Gasteiger partial charge is 0.190 e. The van der Waals surface area contributed by atoms with E-state index in [4.69, 9.17) is 5.73 Å². The van der Waals surface area contributed by atoms with E-state index in [2.05, 4.69) is 13.2 Å². The highest BCUT2D eigenvalue weighted by Gasteiger charge is 2.11. The van der Waals surface area contributed by atoms with Crippen molar-refractivity contribution in [3.05, 3.63) is 24.6 Å². The fourth-order valence-electron chi connectivity index (χ4n) is 0.245. The van der Waals surface area contributed by atoms with Gasteiger partial charge in [0.1, 0.15) is 5.37 Å². The van der Waals surface area contributed by atoms with Crippen molar-refractivity contribution in [3.8, 4) is 0 Å². The van der Waals surface area contributed by atoms with Gasteiger partial charge in [0, 0.05) is 5.41 Å². The van der Waals surface area contributed by atoms with Crippen molar-refractivity contribution in [2.24, 2.45) is 5.73 Å². The van der Waals surface area contributed by atoms with Crippen LogP contribution in [0.3, 0.4) is 0 Å². The molecule has 0 fully saturated rings. The van der Waals surface area contributed by atoms with E-state index >= 15 is 0 Å². The number of hydrogen-bond acceptors (Lipinski definition) is 3. The van der Waals surface area contributed by atoms with Gasteiger partial charge in [-0.1, -0.05) is 12.7 Å². The first-order valence-corrected chi connectivity index (χ1v) is 3.90. The van der Waals surface area contributed by atoms with Crippen LogP contribution in [0.25, 0.3) is 0 Å². The lowest BCUT2D eigenvalue weighted by Crippen LogP contribution is -2.25. The number of hydrogen-bond donors (Lipinski definition) is 1. The summed E-state index contributed by atoms with van der Waals surface area (Å²) in [6.45, 7) is 6.31. The van der Waals surface area contributed by atoms with Crippen LogP contribution in [0.15, 0.2) is 24.6 Å². The van der Waals surface area contributed by atoms with Crippen LogP contribution in [0.4, 0.5) is 0 Å². The fraction of sp³-hybridized carbons (Fsp3) is 0.200. The second-order valence-electron chi connectivity index (χ2n) is 1.46. The Kier molecular flexibility index (Phi) is 5.55. The normalized spacial score (nSPS) is 12.9. The molecule has 5 heteroatoms. The Balaban J connectivity index is 0. The summed E-state index contributed by atoms with van der Waals surface area (Å²) in [4.78, 5) is 0. The second-order valence-corrected chi connectivity index (χ2v) is 3.51. The molecule has 0 radical (unpaired) electrons. The standard InChI is InChI=1S/C5H9NO2S.ClH/c1-3-5(6)9(7,8)4-2;/h3-5H,1-2,6H2;1H. The average Bonchev–Trinajstić information content (AvgIpc) is 1.86. The molecule has 0 aromatic rings. The predicted octanol–water partition coefficient (Wildman–Crippen LogP) is 0.437. The summed E-state index contributed by atoms with van der Waals surface area (Å²) in [5.74, 6) is 0. The highest BCUT2D eigenvalue weighted by Crippen LogP contribution is 1.96. The zero-order valence-corrected chi connectivity index (χ0v) is 6.99. The Morgan fingerprint density at radius 3 is 1.90 bits per heavy atom. The minimum Gasteiger partial charge on any atom is -0.312 e. The molecule has 10 heavy (non-hydrogen) atoms. The van der Waals surface area contributed by atoms with Crippen LogP contribution < -0.4 is 5.73 Å². The van der Waals surface area contributed by atoms with Gasteiger partial charge in [-0.15, -0.1) is 19.0 Å². The molecule has 0 aliphatic heterocycles. The van der Waals surface area contributed by atoms with E-state index in [0.717, 1.165) is 11.5 Å². The van der Waals surface area contributed by atoms with Gasteiger partial charge in [0.15, 0.2) is 9.84 Å². The minimum atomic E-state index is -3.32. The summed E-state index contributed by atoms with van der Waals surface area (Å²) >= 11 is 0. The molecule has 0 aromatic carbocycles. The Labute approximate surface area is 66.9 Å². The molecule has 0 aromatic heterocycles. The second kappa shape index (κ2) is 4.49. The fourth-order valence-corrected chi connectivity index (χ4v) is 0.736. The van der Waals surface area contributed by atoms with Gasteiger partial charge < -0.3 is 5.73 Å². The zero-order chi connectivity index (χ0) is 7.49. The van der Waals surface area contributed by atoms with Crippen molar-refractivity contribution in [2.45, 2.75) is 5.37 Å². The molecule has 0 rings (SSSR count). The number of halogens is 1. The Bertz CT molecular complexity index is 210. The third-order valence-electron chi connectivity index (χ3n) is 0.844. The van der Waals surface area contributed by atoms with Gasteiger partial charge in [0.25, 0.3) is 0 Å². The summed E-state index contributed by atoms with van der Waals surface area (Å²) in [6, 6.07) is 0. The van der Waals surface area contributed by atoms with Crippen LogP contribution in [-0.4, -0.2) is 13.8 Å². The zero-order valence-electron chi connectivity index (χ0n) is 5.36. The monoisotopic (exact) mass is 183 g/mol. The van der Waals surface area contributed by atoms with Crippen molar-refractivity contribution < 1.29 is 8.42 Å². The molecule has 0 aliphatic carbocycles. The maximum absolute atomic E-state index is 10.6. The lowest BCUT2D eigenvalue weighted by Gasteiger charge is -2.00. The van der Waals surface area contributed by atoms with Crippen LogP contribution in [0.5, 0.6) is 0 Å². The van der Waals surface area contributed by atoms with E-state index < -0.39 is 15.2 Å². The van der Waals surface area contributed by atoms with Gasteiger partial charge in [0.05, 0.1) is 0 Å². The molecule has 0 aliphatic rings. The van der Waals surface area contributed by atoms with Crippen LogP contribution in [-0.2, 0) is 9.84 Å². The van der Waals surface area contributed by atoms with Gasteiger partial charge in [-0.2, -0.15) is 0 Å². The van der Waals surface area contributed by atoms with Crippen LogP contribution in [0.2, 0.25) is 0 Å². The molecular formula is C5H10ClNO2S. The van der Waals surface area contributed by atoms with Gasteiger partial charge in [-0.25, -0.2) is 8.42 Å². The summed E-state index contributed by atoms with van der Waals surface area (Å²) in [6.07, 6.45) is 1.15. The van der Waals surface area contributed by atoms with Gasteiger partial charge in [0.2, 0.25) is 0 Å². The molecule has 1 atom stereocenters. The number of sulfone groups is 1.